The number of carbonyl (C=O) groups is 1. The van der Waals surface area contributed by atoms with E-state index in [4.69, 9.17) is 14.2 Å². The van der Waals surface area contributed by atoms with Crippen molar-refractivity contribution >= 4 is 11.9 Å². The summed E-state index contributed by atoms with van der Waals surface area (Å²) < 4.78 is 15.8. The molecular formula is C21H35N5O4. The number of amides is 1. The molecule has 2 rings (SSSR count). The predicted octanol–water partition coefficient (Wildman–Crippen LogP) is 0.550. The number of piperazine rings is 1. The van der Waals surface area contributed by atoms with Gasteiger partial charge in [0.25, 0.3) is 0 Å². The maximum absolute atomic E-state index is 11.9. The zero-order chi connectivity index (χ0) is 21.8. The molecule has 1 aromatic carbocycles. The van der Waals surface area contributed by atoms with Crippen LogP contribution in [0, 0.1) is 0 Å². The number of rotatable bonds is 10. The highest BCUT2D eigenvalue weighted by Crippen LogP contribution is 2.25. The summed E-state index contributed by atoms with van der Waals surface area (Å²) in [5.41, 5.74) is 1.11. The highest BCUT2D eigenvalue weighted by molar-refractivity contribution is 5.85. The van der Waals surface area contributed by atoms with Crippen LogP contribution in [0.1, 0.15) is 12.5 Å². The molecule has 2 N–H and O–H groups in total. The number of hydrogen-bond acceptors (Lipinski definition) is 6. The van der Waals surface area contributed by atoms with Crippen molar-refractivity contribution in [3.63, 3.8) is 0 Å². The quantitative estimate of drug-likeness (QED) is 0.324. The molecule has 1 heterocycles. The fraction of sp³-hybridized carbons (Fsp3) is 0.619. The van der Waals surface area contributed by atoms with Crippen molar-refractivity contribution in [1.29, 1.82) is 0 Å². The Morgan fingerprint density at radius 2 is 1.87 bits per heavy atom. The van der Waals surface area contributed by atoms with E-state index in [2.05, 4.69) is 25.4 Å². The summed E-state index contributed by atoms with van der Waals surface area (Å²) in [6, 6.07) is 5.88. The number of nitrogens with zero attached hydrogens (tertiary/aromatic N) is 3. The first-order valence-corrected chi connectivity index (χ1v) is 10.3. The largest absolute Gasteiger partial charge is 0.497 e. The highest BCUT2D eigenvalue weighted by atomic mass is 16.5. The Morgan fingerprint density at radius 1 is 1.10 bits per heavy atom. The molecule has 0 aliphatic carbocycles. The molecule has 0 atom stereocenters. The van der Waals surface area contributed by atoms with Gasteiger partial charge in [0.1, 0.15) is 18.0 Å². The minimum absolute atomic E-state index is 0.104. The summed E-state index contributed by atoms with van der Waals surface area (Å²) in [4.78, 5) is 21.0. The monoisotopic (exact) mass is 421 g/mol. The molecule has 0 spiro atoms. The van der Waals surface area contributed by atoms with Crippen LogP contribution in [0.15, 0.2) is 23.2 Å². The number of benzene rings is 1. The Kier molecular flexibility index (Phi) is 10.2. The van der Waals surface area contributed by atoms with Gasteiger partial charge in [-0.3, -0.25) is 9.69 Å². The van der Waals surface area contributed by atoms with Gasteiger partial charge >= 0.3 is 0 Å². The lowest BCUT2D eigenvalue weighted by Gasteiger charge is -2.36. The Bertz CT molecular complexity index is 690. The van der Waals surface area contributed by atoms with Gasteiger partial charge in [-0.1, -0.05) is 0 Å². The van der Waals surface area contributed by atoms with Crippen molar-refractivity contribution in [2.45, 2.75) is 13.5 Å². The summed E-state index contributed by atoms with van der Waals surface area (Å²) in [5, 5.41) is 6.08. The van der Waals surface area contributed by atoms with Gasteiger partial charge in [-0.25, -0.2) is 4.99 Å². The molecule has 1 saturated heterocycles. The molecule has 0 saturated carbocycles. The maximum atomic E-state index is 11.9. The molecule has 1 aliphatic rings. The third-order valence-electron chi connectivity index (χ3n) is 4.89. The van der Waals surface area contributed by atoms with E-state index in [9.17, 15) is 4.79 Å². The summed E-state index contributed by atoms with van der Waals surface area (Å²) in [6.45, 7) is 8.13. The molecule has 0 unspecified atom stereocenters. The molecule has 1 fully saturated rings. The number of ether oxygens (including phenoxy) is 3. The number of methoxy groups -OCH3 is 3. The van der Waals surface area contributed by atoms with Gasteiger partial charge in [0, 0.05) is 58.5 Å². The van der Waals surface area contributed by atoms with Gasteiger partial charge in [0.15, 0.2) is 5.96 Å². The van der Waals surface area contributed by atoms with Crippen molar-refractivity contribution in [2.24, 2.45) is 4.99 Å². The second-order valence-corrected chi connectivity index (χ2v) is 6.95. The Morgan fingerprint density at radius 3 is 2.50 bits per heavy atom. The second kappa shape index (κ2) is 12.9. The predicted molar refractivity (Wildman–Crippen MR) is 117 cm³/mol. The molecule has 30 heavy (non-hydrogen) atoms. The Labute approximate surface area is 179 Å². The van der Waals surface area contributed by atoms with Gasteiger partial charge in [-0.15, -0.1) is 0 Å². The fourth-order valence-electron chi connectivity index (χ4n) is 3.29. The van der Waals surface area contributed by atoms with Crippen LogP contribution in [0.2, 0.25) is 0 Å². The molecule has 9 heteroatoms. The minimum Gasteiger partial charge on any atom is -0.497 e. The van der Waals surface area contributed by atoms with Crippen molar-refractivity contribution < 1.29 is 19.0 Å². The van der Waals surface area contributed by atoms with Crippen LogP contribution in [0.25, 0.3) is 0 Å². The number of nitrogens with one attached hydrogen (secondary N) is 2. The first-order valence-electron chi connectivity index (χ1n) is 10.3. The lowest BCUT2D eigenvalue weighted by Crippen LogP contribution is -2.52. The van der Waals surface area contributed by atoms with Crippen LogP contribution in [0.5, 0.6) is 11.5 Å². The average Bonchev–Trinajstić information content (AvgIpc) is 2.77. The SMILES string of the molecule is CCNC(=NCC(=O)NCCOC)N1CCN(Cc2cc(OC)ccc2OC)CC1. The molecule has 1 aromatic rings. The molecule has 1 amide bonds. The van der Waals surface area contributed by atoms with Crippen LogP contribution >= 0.6 is 0 Å². The fourth-order valence-corrected chi connectivity index (χ4v) is 3.29. The average molecular weight is 422 g/mol. The molecule has 0 radical (unpaired) electrons. The first-order chi connectivity index (χ1) is 14.6. The van der Waals surface area contributed by atoms with E-state index in [0.29, 0.717) is 13.2 Å². The molecule has 0 aromatic heterocycles. The zero-order valence-corrected chi connectivity index (χ0v) is 18.6. The normalized spacial score (nSPS) is 15.1. The van der Waals surface area contributed by atoms with Gasteiger partial charge in [0.05, 0.1) is 20.8 Å². The van der Waals surface area contributed by atoms with Crippen LogP contribution in [0.4, 0.5) is 0 Å². The first kappa shape index (κ1) is 23.8. The third kappa shape index (κ3) is 7.38. The van der Waals surface area contributed by atoms with E-state index in [1.165, 1.54) is 0 Å². The van der Waals surface area contributed by atoms with Gasteiger partial charge in [-0.05, 0) is 25.1 Å². The highest BCUT2D eigenvalue weighted by Gasteiger charge is 2.21. The third-order valence-corrected chi connectivity index (χ3v) is 4.89. The lowest BCUT2D eigenvalue weighted by atomic mass is 10.1. The van der Waals surface area contributed by atoms with E-state index in [-0.39, 0.29) is 12.5 Å². The van der Waals surface area contributed by atoms with Gasteiger partial charge < -0.3 is 29.7 Å². The Balaban J connectivity index is 1.90. The molecule has 9 nitrogen and oxygen atoms in total. The van der Waals surface area contributed by atoms with Crippen molar-refractivity contribution in [1.82, 2.24) is 20.4 Å². The minimum atomic E-state index is -0.105. The molecule has 1 aliphatic heterocycles. The lowest BCUT2D eigenvalue weighted by molar-refractivity contribution is -0.119. The van der Waals surface area contributed by atoms with E-state index in [0.717, 1.165) is 62.3 Å². The number of carbonyl (C=O) groups excluding carboxylic acids is 1. The molecule has 168 valence electrons. The van der Waals surface area contributed by atoms with E-state index in [1.54, 1.807) is 21.3 Å². The summed E-state index contributed by atoms with van der Waals surface area (Å²) in [5.74, 6) is 2.37. The standard InChI is InChI=1S/C21H35N5O4/c1-5-22-21(24-15-20(27)23-8-13-28-2)26-11-9-25(10-12-26)16-17-14-18(29-3)6-7-19(17)30-4/h6-7,14H,5,8-13,15-16H2,1-4H3,(H,22,24)(H,23,27). The van der Waals surface area contributed by atoms with E-state index < -0.39 is 0 Å². The number of hydrogen-bond donors (Lipinski definition) is 2. The smallest absolute Gasteiger partial charge is 0.241 e. The van der Waals surface area contributed by atoms with E-state index in [1.807, 2.05) is 25.1 Å². The second-order valence-electron chi connectivity index (χ2n) is 6.95. The van der Waals surface area contributed by atoms with Crippen LogP contribution in [0.3, 0.4) is 0 Å². The van der Waals surface area contributed by atoms with Crippen molar-refractivity contribution in [3.05, 3.63) is 23.8 Å². The summed E-state index contributed by atoms with van der Waals surface area (Å²) >= 11 is 0. The Hall–Kier alpha value is -2.52. The summed E-state index contributed by atoms with van der Waals surface area (Å²) in [7, 11) is 4.97. The van der Waals surface area contributed by atoms with Gasteiger partial charge in [-0.2, -0.15) is 0 Å². The van der Waals surface area contributed by atoms with Gasteiger partial charge in [0.2, 0.25) is 5.91 Å². The van der Waals surface area contributed by atoms with Crippen molar-refractivity contribution in [3.8, 4) is 11.5 Å². The topological polar surface area (TPSA) is 87.7 Å². The number of aliphatic imine (C=N–C) groups is 1. The zero-order valence-electron chi connectivity index (χ0n) is 18.6. The van der Waals surface area contributed by atoms with Crippen LogP contribution in [-0.4, -0.2) is 95.4 Å². The number of guanidine groups is 1. The maximum Gasteiger partial charge on any atom is 0.241 e. The molecule has 0 bridgehead atoms. The van der Waals surface area contributed by atoms with Crippen LogP contribution in [-0.2, 0) is 16.1 Å². The molecular weight excluding hydrogens is 386 g/mol. The van der Waals surface area contributed by atoms with Crippen LogP contribution < -0.4 is 20.1 Å². The van der Waals surface area contributed by atoms with E-state index >= 15 is 0 Å². The summed E-state index contributed by atoms with van der Waals surface area (Å²) in [6.07, 6.45) is 0. The van der Waals surface area contributed by atoms with Crippen molar-refractivity contribution in [2.75, 3.05) is 73.7 Å².